The summed E-state index contributed by atoms with van der Waals surface area (Å²) in [6.07, 6.45) is 3.06. The van der Waals surface area contributed by atoms with Gasteiger partial charge in [0, 0.05) is 24.1 Å². The van der Waals surface area contributed by atoms with Crippen molar-refractivity contribution in [2.24, 2.45) is 0 Å². The lowest BCUT2D eigenvalue weighted by Crippen LogP contribution is -2.29. The molecule has 1 aliphatic rings. The second-order valence-electron chi connectivity index (χ2n) is 5.18. The lowest BCUT2D eigenvalue weighted by atomic mass is 10.1. The molecule has 1 amide bonds. The van der Waals surface area contributed by atoms with Crippen LogP contribution in [0.15, 0.2) is 23.1 Å². The van der Waals surface area contributed by atoms with E-state index in [4.69, 9.17) is 12.2 Å². The number of carbonyl (C=O) groups is 2. The molecule has 128 valence electrons. The predicted molar refractivity (Wildman–Crippen MR) is 89.7 cm³/mol. The third kappa shape index (κ3) is 4.85. The highest BCUT2D eigenvalue weighted by atomic mass is 32.2. The number of aliphatic carboxylic acids is 1. The lowest BCUT2D eigenvalue weighted by Gasteiger charge is -2.14. The zero-order valence-corrected chi connectivity index (χ0v) is 14.2. The molecule has 0 radical (unpaired) electrons. The van der Waals surface area contributed by atoms with Gasteiger partial charge in [-0.25, -0.2) is 8.78 Å². The lowest BCUT2D eigenvalue weighted by molar-refractivity contribution is -0.305. The molecule has 0 atom stereocenters. The minimum Gasteiger partial charge on any atom is -0.550 e. The molecule has 1 saturated heterocycles. The smallest absolute Gasteiger partial charge is 0.266 e. The summed E-state index contributed by atoms with van der Waals surface area (Å²) in [5, 5.41) is 10.3. The van der Waals surface area contributed by atoms with Gasteiger partial charge in [0.2, 0.25) is 0 Å². The monoisotopic (exact) mass is 370 g/mol. The minimum atomic E-state index is -1.09. The van der Waals surface area contributed by atoms with Gasteiger partial charge in [0.15, 0.2) is 0 Å². The van der Waals surface area contributed by atoms with Crippen LogP contribution in [-0.4, -0.2) is 27.6 Å². The molecule has 0 N–H and O–H groups in total. The van der Waals surface area contributed by atoms with Gasteiger partial charge in [-0.2, -0.15) is 0 Å². The maximum Gasteiger partial charge on any atom is 0.266 e. The predicted octanol–water partition coefficient (Wildman–Crippen LogP) is 2.48. The Hall–Kier alpha value is -1.80. The number of carboxylic acid groups (broad SMARTS) is 1. The van der Waals surface area contributed by atoms with Gasteiger partial charge in [0.05, 0.1) is 4.91 Å². The summed E-state index contributed by atoms with van der Waals surface area (Å²) in [5.74, 6) is -2.85. The van der Waals surface area contributed by atoms with E-state index >= 15 is 0 Å². The molecule has 0 saturated carbocycles. The average Bonchev–Trinajstić information content (AvgIpc) is 2.76. The first-order chi connectivity index (χ1) is 11.4. The zero-order valence-electron chi connectivity index (χ0n) is 12.6. The van der Waals surface area contributed by atoms with E-state index in [9.17, 15) is 23.5 Å². The summed E-state index contributed by atoms with van der Waals surface area (Å²) in [5.41, 5.74) is 0.117. The van der Waals surface area contributed by atoms with Gasteiger partial charge in [-0.15, -0.1) is 0 Å². The van der Waals surface area contributed by atoms with Gasteiger partial charge in [0.1, 0.15) is 16.0 Å². The van der Waals surface area contributed by atoms with Gasteiger partial charge in [-0.3, -0.25) is 9.69 Å². The number of nitrogens with zero attached hydrogens (tertiary/aromatic N) is 1. The highest BCUT2D eigenvalue weighted by Gasteiger charge is 2.31. The molecule has 1 fully saturated rings. The van der Waals surface area contributed by atoms with Crippen molar-refractivity contribution in [1.82, 2.24) is 4.90 Å². The first-order valence-corrected chi connectivity index (χ1v) is 8.51. The first kappa shape index (κ1) is 18.5. The number of amides is 1. The number of unbranched alkanes of at least 4 members (excludes halogenated alkanes) is 2. The molecular formula is C16H14F2NO3S2-. The van der Waals surface area contributed by atoms with Crippen molar-refractivity contribution in [2.45, 2.75) is 25.7 Å². The number of rotatable bonds is 7. The van der Waals surface area contributed by atoms with E-state index in [0.29, 0.717) is 30.1 Å². The Morgan fingerprint density at radius 1 is 1.29 bits per heavy atom. The van der Waals surface area contributed by atoms with Crippen LogP contribution in [0.25, 0.3) is 6.08 Å². The van der Waals surface area contributed by atoms with Crippen LogP contribution >= 0.6 is 24.0 Å². The second kappa shape index (κ2) is 8.34. The van der Waals surface area contributed by atoms with Crippen molar-refractivity contribution in [3.63, 3.8) is 0 Å². The van der Waals surface area contributed by atoms with E-state index in [1.54, 1.807) is 0 Å². The van der Waals surface area contributed by atoms with Gasteiger partial charge < -0.3 is 9.90 Å². The molecule has 1 aromatic rings. The van der Waals surface area contributed by atoms with E-state index in [2.05, 4.69) is 0 Å². The molecular weight excluding hydrogens is 356 g/mol. The van der Waals surface area contributed by atoms with Crippen molar-refractivity contribution in [2.75, 3.05) is 6.54 Å². The Balaban J connectivity index is 1.98. The first-order valence-electron chi connectivity index (χ1n) is 7.29. The van der Waals surface area contributed by atoms with E-state index in [1.807, 2.05) is 0 Å². The summed E-state index contributed by atoms with van der Waals surface area (Å²) in [6, 6.07) is 3.13. The molecule has 1 aromatic carbocycles. The number of thioether (sulfide) groups is 1. The molecule has 8 heteroatoms. The SMILES string of the molecule is O=C([O-])CCCCCN1C(=O)/C(=C\c2ccc(F)cc2F)SC1=S. The van der Waals surface area contributed by atoms with E-state index < -0.39 is 17.6 Å². The Labute approximate surface area is 147 Å². The topological polar surface area (TPSA) is 60.4 Å². The van der Waals surface area contributed by atoms with Gasteiger partial charge in [-0.05, 0) is 37.5 Å². The molecule has 1 aliphatic heterocycles. The Kier molecular flexibility index (Phi) is 6.44. The summed E-state index contributed by atoms with van der Waals surface area (Å²) in [4.78, 5) is 24.3. The van der Waals surface area contributed by atoms with Crippen molar-refractivity contribution < 1.29 is 23.5 Å². The molecule has 4 nitrogen and oxygen atoms in total. The average molecular weight is 370 g/mol. The van der Waals surface area contributed by atoms with E-state index in [1.165, 1.54) is 17.0 Å². The van der Waals surface area contributed by atoms with Crippen LogP contribution in [0.5, 0.6) is 0 Å². The van der Waals surface area contributed by atoms with Crippen molar-refractivity contribution in [3.8, 4) is 0 Å². The van der Waals surface area contributed by atoms with Crippen LogP contribution in [0.4, 0.5) is 8.78 Å². The van der Waals surface area contributed by atoms with Crippen LogP contribution in [0.2, 0.25) is 0 Å². The summed E-state index contributed by atoms with van der Waals surface area (Å²) in [6.45, 7) is 0.376. The summed E-state index contributed by atoms with van der Waals surface area (Å²) < 4.78 is 27.0. The Morgan fingerprint density at radius 3 is 2.71 bits per heavy atom. The molecule has 2 rings (SSSR count). The van der Waals surface area contributed by atoms with Crippen molar-refractivity contribution in [3.05, 3.63) is 40.3 Å². The van der Waals surface area contributed by atoms with Crippen LogP contribution in [0.1, 0.15) is 31.2 Å². The van der Waals surface area contributed by atoms with E-state index in [0.717, 1.165) is 23.9 Å². The van der Waals surface area contributed by atoms with Crippen LogP contribution in [-0.2, 0) is 9.59 Å². The number of halogens is 2. The third-order valence-electron chi connectivity index (χ3n) is 3.39. The Bertz CT molecular complexity index is 707. The second-order valence-corrected chi connectivity index (χ2v) is 6.86. The third-order valence-corrected chi connectivity index (χ3v) is 4.76. The number of hydrogen-bond acceptors (Lipinski definition) is 5. The van der Waals surface area contributed by atoms with Gasteiger partial charge in [0.25, 0.3) is 5.91 Å². The molecule has 0 bridgehead atoms. The molecule has 0 aliphatic carbocycles. The highest BCUT2D eigenvalue weighted by molar-refractivity contribution is 8.26. The number of carbonyl (C=O) groups excluding carboxylic acids is 2. The molecule has 24 heavy (non-hydrogen) atoms. The van der Waals surface area contributed by atoms with Gasteiger partial charge in [-0.1, -0.05) is 30.4 Å². The fourth-order valence-electron chi connectivity index (χ4n) is 2.17. The standard InChI is InChI=1S/C16H15F2NO3S2/c17-11-6-5-10(12(18)9-11)8-13-15(22)19(16(23)24-13)7-3-1-2-4-14(20)21/h5-6,8-9H,1-4,7H2,(H,20,21)/p-1/b13-8+. The molecule has 1 heterocycles. The summed E-state index contributed by atoms with van der Waals surface area (Å²) in [7, 11) is 0. The fraction of sp³-hybridized carbons (Fsp3) is 0.312. The molecule has 0 spiro atoms. The van der Waals surface area contributed by atoms with Crippen LogP contribution in [0.3, 0.4) is 0 Å². The Morgan fingerprint density at radius 2 is 2.04 bits per heavy atom. The van der Waals surface area contributed by atoms with Crippen LogP contribution < -0.4 is 5.11 Å². The fourth-order valence-corrected chi connectivity index (χ4v) is 3.47. The van der Waals surface area contributed by atoms with Gasteiger partial charge >= 0.3 is 0 Å². The number of thiocarbonyl (C=S) groups is 1. The highest BCUT2D eigenvalue weighted by Crippen LogP contribution is 2.33. The zero-order chi connectivity index (χ0) is 17.7. The largest absolute Gasteiger partial charge is 0.550 e. The number of carboxylic acids is 1. The maximum absolute atomic E-state index is 13.7. The van der Waals surface area contributed by atoms with E-state index in [-0.39, 0.29) is 22.8 Å². The number of hydrogen-bond donors (Lipinski definition) is 0. The van der Waals surface area contributed by atoms with Crippen molar-refractivity contribution >= 4 is 46.3 Å². The summed E-state index contributed by atoms with van der Waals surface area (Å²) >= 11 is 6.22. The van der Waals surface area contributed by atoms with Crippen molar-refractivity contribution in [1.29, 1.82) is 0 Å². The quantitative estimate of drug-likeness (QED) is 0.419. The minimum absolute atomic E-state index is 0.0118. The normalized spacial score (nSPS) is 16.2. The maximum atomic E-state index is 13.7. The van der Waals surface area contributed by atoms with Crippen LogP contribution in [0, 0.1) is 11.6 Å². The molecule has 0 aromatic heterocycles. The number of benzene rings is 1. The molecule has 0 unspecified atom stereocenters.